The monoisotopic (exact) mass is 397 g/mol. The topological polar surface area (TPSA) is 30.5 Å². The molecule has 2 aromatic rings. The molecule has 0 saturated heterocycles. The molecule has 21 heavy (non-hydrogen) atoms. The molecule has 0 aromatic heterocycles. The summed E-state index contributed by atoms with van der Waals surface area (Å²) in [5.41, 5.74) is 4.83. The quantitative estimate of drug-likeness (QED) is 0.752. The van der Waals surface area contributed by atoms with Gasteiger partial charge in [0.05, 0.1) is 17.8 Å². The molecule has 0 aliphatic rings. The fourth-order valence-corrected chi connectivity index (χ4v) is 3.08. The van der Waals surface area contributed by atoms with E-state index in [4.69, 9.17) is 9.47 Å². The molecule has 3 nitrogen and oxygen atoms in total. The molecule has 0 saturated carbocycles. The number of aryl methyl sites for hydroxylation is 2. The Hall–Kier alpha value is -1.43. The van der Waals surface area contributed by atoms with Crippen LogP contribution in [0.4, 0.5) is 5.69 Å². The van der Waals surface area contributed by atoms with Gasteiger partial charge in [-0.2, -0.15) is 0 Å². The van der Waals surface area contributed by atoms with Gasteiger partial charge in [-0.25, -0.2) is 0 Å². The van der Waals surface area contributed by atoms with Crippen molar-refractivity contribution >= 4 is 28.3 Å². The van der Waals surface area contributed by atoms with Crippen LogP contribution in [0.1, 0.15) is 16.7 Å². The molecular formula is C17H20INO2. The van der Waals surface area contributed by atoms with Crippen LogP contribution in [0.3, 0.4) is 0 Å². The van der Waals surface area contributed by atoms with Crippen LogP contribution >= 0.6 is 22.6 Å². The summed E-state index contributed by atoms with van der Waals surface area (Å²) in [6.07, 6.45) is 0. The first-order valence-electron chi connectivity index (χ1n) is 6.76. The minimum Gasteiger partial charge on any atom is -0.493 e. The second-order valence-electron chi connectivity index (χ2n) is 4.99. The highest BCUT2D eigenvalue weighted by Gasteiger charge is 2.10. The van der Waals surface area contributed by atoms with Crippen LogP contribution in [0.2, 0.25) is 0 Å². The number of halogens is 1. The van der Waals surface area contributed by atoms with Gasteiger partial charge in [-0.3, -0.25) is 0 Å². The van der Waals surface area contributed by atoms with Crippen molar-refractivity contribution in [3.05, 3.63) is 50.6 Å². The van der Waals surface area contributed by atoms with Crippen molar-refractivity contribution in [2.75, 3.05) is 19.5 Å². The van der Waals surface area contributed by atoms with E-state index in [2.05, 4.69) is 66.0 Å². The van der Waals surface area contributed by atoms with Gasteiger partial charge in [-0.15, -0.1) is 0 Å². The van der Waals surface area contributed by atoms with Gasteiger partial charge in [0.15, 0.2) is 11.5 Å². The Labute approximate surface area is 139 Å². The molecule has 0 aliphatic heterocycles. The van der Waals surface area contributed by atoms with Crippen LogP contribution in [0.15, 0.2) is 30.3 Å². The van der Waals surface area contributed by atoms with Crippen LogP contribution < -0.4 is 14.8 Å². The fourth-order valence-electron chi connectivity index (χ4n) is 2.20. The Morgan fingerprint density at radius 1 is 1.05 bits per heavy atom. The maximum atomic E-state index is 5.40. The van der Waals surface area contributed by atoms with Crippen molar-refractivity contribution in [2.24, 2.45) is 0 Å². The van der Waals surface area contributed by atoms with Gasteiger partial charge in [-0.1, -0.05) is 12.1 Å². The van der Waals surface area contributed by atoms with Crippen molar-refractivity contribution in [3.63, 3.8) is 0 Å². The van der Waals surface area contributed by atoms with E-state index >= 15 is 0 Å². The molecule has 0 fully saturated rings. The van der Waals surface area contributed by atoms with E-state index in [0.717, 1.165) is 27.2 Å². The maximum absolute atomic E-state index is 5.40. The normalized spacial score (nSPS) is 10.3. The third kappa shape index (κ3) is 3.81. The second-order valence-corrected chi connectivity index (χ2v) is 6.15. The Morgan fingerprint density at radius 2 is 1.81 bits per heavy atom. The van der Waals surface area contributed by atoms with E-state index in [1.807, 2.05) is 6.07 Å². The molecule has 1 N–H and O–H groups in total. The number of rotatable bonds is 5. The smallest absolute Gasteiger partial charge is 0.174 e. The highest BCUT2D eigenvalue weighted by molar-refractivity contribution is 14.1. The van der Waals surface area contributed by atoms with Crippen LogP contribution in [0.25, 0.3) is 0 Å². The number of hydrogen-bond acceptors (Lipinski definition) is 3. The van der Waals surface area contributed by atoms with Crippen LogP contribution in [0.5, 0.6) is 11.5 Å². The zero-order chi connectivity index (χ0) is 15.4. The number of anilines is 1. The van der Waals surface area contributed by atoms with Crippen LogP contribution in [0, 0.1) is 17.4 Å². The average Bonchev–Trinajstić information content (AvgIpc) is 2.47. The predicted octanol–water partition coefficient (Wildman–Crippen LogP) is 4.54. The van der Waals surface area contributed by atoms with E-state index in [-0.39, 0.29) is 0 Å². The molecular weight excluding hydrogens is 377 g/mol. The second kappa shape index (κ2) is 7.02. The summed E-state index contributed by atoms with van der Waals surface area (Å²) < 4.78 is 11.8. The third-order valence-corrected chi connectivity index (χ3v) is 4.17. The fraction of sp³-hybridized carbons (Fsp3) is 0.294. The molecule has 0 heterocycles. The third-order valence-electron chi connectivity index (χ3n) is 3.37. The SMILES string of the molecule is COc1cc(CNc2cc(C)ccc2C)cc(I)c1OC. The van der Waals surface area contributed by atoms with Crippen molar-refractivity contribution in [1.29, 1.82) is 0 Å². The lowest BCUT2D eigenvalue weighted by Crippen LogP contribution is -2.03. The summed E-state index contributed by atoms with van der Waals surface area (Å²) >= 11 is 2.27. The number of methoxy groups -OCH3 is 2. The molecule has 2 aromatic carbocycles. The first kappa shape index (κ1) is 15.9. The highest BCUT2D eigenvalue weighted by Crippen LogP contribution is 2.33. The van der Waals surface area contributed by atoms with Crippen molar-refractivity contribution < 1.29 is 9.47 Å². The summed E-state index contributed by atoms with van der Waals surface area (Å²) in [6, 6.07) is 10.6. The van der Waals surface area contributed by atoms with Gasteiger partial charge in [-0.05, 0) is 71.3 Å². The zero-order valence-corrected chi connectivity index (χ0v) is 14.9. The summed E-state index contributed by atoms with van der Waals surface area (Å²) in [4.78, 5) is 0. The van der Waals surface area contributed by atoms with E-state index in [9.17, 15) is 0 Å². The van der Waals surface area contributed by atoms with Gasteiger partial charge < -0.3 is 14.8 Å². The summed E-state index contributed by atoms with van der Waals surface area (Å²) in [5.74, 6) is 1.55. The van der Waals surface area contributed by atoms with Crippen LogP contribution in [-0.2, 0) is 6.54 Å². The Bertz CT molecular complexity index is 641. The van der Waals surface area contributed by atoms with E-state index in [0.29, 0.717) is 0 Å². The summed E-state index contributed by atoms with van der Waals surface area (Å²) in [6.45, 7) is 4.96. The van der Waals surface area contributed by atoms with Crippen molar-refractivity contribution in [1.82, 2.24) is 0 Å². The van der Waals surface area contributed by atoms with Crippen LogP contribution in [-0.4, -0.2) is 14.2 Å². The number of ether oxygens (including phenoxy) is 2. The van der Waals surface area contributed by atoms with Crippen molar-refractivity contribution in [3.8, 4) is 11.5 Å². The van der Waals surface area contributed by atoms with Gasteiger partial charge >= 0.3 is 0 Å². The highest BCUT2D eigenvalue weighted by atomic mass is 127. The largest absolute Gasteiger partial charge is 0.493 e. The predicted molar refractivity (Wildman–Crippen MR) is 95.5 cm³/mol. The number of nitrogens with one attached hydrogen (secondary N) is 1. The minimum atomic E-state index is 0.751. The summed E-state index contributed by atoms with van der Waals surface area (Å²) in [5, 5.41) is 3.49. The molecule has 0 bridgehead atoms. The standard InChI is InChI=1S/C17H20INO2/c1-11-5-6-12(2)15(7-11)19-10-13-8-14(18)17(21-4)16(9-13)20-3/h5-9,19H,10H2,1-4H3. The van der Waals surface area contributed by atoms with Gasteiger partial charge in [0.25, 0.3) is 0 Å². The zero-order valence-electron chi connectivity index (χ0n) is 12.8. The number of benzene rings is 2. The van der Waals surface area contributed by atoms with E-state index < -0.39 is 0 Å². The molecule has 0 amide bonds. The summed E-state index contributed by atoms with van der Waals surface area (Å²) in [7, 11) is 3.32. The maximum Gasteiger partial charge on any atom is 0.174 e. The van der Waals surface area contributed by atoms with Crippen molar-refractivity contribution in [2.45, 2.75) is 20.4 Å². The molecule has 4 heteroatoms. The molecule has 0 unspecified atom stereocenters. The van der Waals surface area contributed by atoms with Gasteiger partial charge in [0, 0.05) is 12.2 Å². The lowest BCUT2D eigenvalue weighted by atomic mass is 10.1. The number of hydrogen-bond donors (Lipinski definition) is 1. The first-order chi connectivity index (χ1) is 10.0. The van der Waals surface area contributed by atoms with Gasteiger partial charge in [0.2, 0.25) is 0 Å². The Kier molecular flexibility index (Phi) is 5.33. The lowest BCUT2D eigenvalue weighted by Gasteiger charge is -2.14. The van der Waals surface area contributed by atoms with Gasteiger partial charge in [0.1, 0.15) is 0 Å². The first-order valence-corrected chi connectivity index (χ1v) is 7.84. The molecule has 0 radical (unpaired) electrons. The minimum absolute atomic E-state index is 0.751. The molecule has 0 aliphatic carbocycles. The Morgan fingerprint density at radius 3 is 2.48 bits per heavy atom. The molecule has 0 atom stereocenters. The van der Waals surface area contributed by atoms with E-state index in [1.165, 1.54) is 16.8 Å². The lowest BCUT2D eigenvalue weighted by molar-refractivity contribution is 0.352. The molecule has 2 rings (SSSR count). The molecule has 0 spiro atoms. The average molecular weight is 397 g/mol. The molecule has 112 valence electrons. The van der Waals surface area contributed by atoms with E-state index in [1.54, 1.807) is 14.2 Å². The Balaban J connectivity index is 2.20.